The Kier molecular flexibility index (Phi) is 4.32. The monoisotopic (exact) mass is 303 g/mol. The molecule has 0 spiro atoms. The first-order valence-electron chi connectivity index (χ1n) is 5.40. The third-order valence-electron chi connectivity index (χ3n) is 2.15. The molecule has 0 aromatic heterocycles. The van der Waals surface area contributed by atoms with Crippen LogP contribution in [0.1, 0.15) is 36.7 Å². The van der Waals surface area contributed by atoms with Gasteiger partial charge in [-0.1, -0.05) is 23.2 Å². The van der Waals surface area contributed by atoms with Crippen LogP contribution in [0.3, 0.4) is 0 Å². The average molecular weight is 304 g/mol. The zero-order chi connectivity index (χ0) is 15.0. The van der Waals surface area contributed by atoms with Gasteiger partial charge in [-0.05, 0) is 26.8 Å². The lowest BCUT2D eigenvalue weighted by Crippen LogP contribution is -2.25. The van der Waals surface area contributed by atoms with Crippen LogP contribution in [-0.2, 0) is 4.74 Å². The van der Waals surface area contributed by atoms with E-state index in [4.69, 9.17) is 44.8 Å². The van der Waals surface area contributed by atoms with Crippen molar-refractivity contribution >= 4 is 40.7 Å². The fraction of sp³-hybridized carbons (Fsp3) is 0.333. The Balaban J connectivity index is 3.35. The van der Waals surface area contributed by atoms with Crippen molar-refractivity contribution in [2.24, 2.45) is 5.73 Å². The van der Waals surface area contributed by atoms with Crippen molar-refractivity contribution in [1.82, 2.24) is 0 Å². The third-order valence-corrected chi connectivity index (χ3v) is 2.84. The Morgan fingerprint density at radius 3 is 2.32 bits per heavy atom. The van der Waals surface area contributed by atoms with Gasteiger partial charge in [0.15, 0.2) is 0 Å². The van der Waals surface area contributed by atoms with Crippen LogP contribution in [0.2, 0.25) is 10.0 Å². The predicted molar refractivity (Wildman–Crippen MR) is 77.1 cm³/mol. The summed E-state index contributed by atoms with van der Waals surface area (Å²) in [5, 5.41) is 7.33. The van der Waals surface area contributed by atoms with Gasteiger partial charge < -0.3 is 16.2 Å². The Morgan fingerprint density at radius 2 is 1.89 bits per heavy atom. The molecule has 0 aliphatic carbocycles. The van der Waals surface area contributed by atoms with Gasteiger partial charge in [-0.25, -0.2) is 4.79 Å². The number of ether oxygens (including phenoxy) is 1. The number of esters is 1. The Bertz CT molecular complexity index is 551. The number of rotatable bonds is 2. The van der Waals surface area contributed by atoms with Gasteiger partial charge in [-0.15, -0.1) is 0 Å². The minimum absolute atomic E-state index is 0.0271. The number of hydrogen-bond acceptors (Lipinski definition) is 4. The lowest BCUT2D eigenvalue weighted by molar-refractivity contribution is 0.00700. The molecule has 0 unspecified atom stereocenters. The fourth-order valence-corrected chi connectivity index (χ4v) is 1.98. The van der Waals surface area contributed by atoms with E-state index >= 15 is 0 Å². The molecule has 0 saturated heterocycles. The van der Waals surface area contributed by atoms with E-state index in [0.29, 0.717) is 0 Å². The number of anilines is 1. The van der Waals surface area contributed by atoms with Gasteiger partial charge in [0.2, 0.25) is 0 Å². The molecule has 5 nitrogen and oxygen atoms in total. The first kappa shape index (κ1) is 15.6. The van der Waals surface area contributed by atoms with Crippen molar-refractivity contribution in [2.75, 3.05) is 5.73 Å². The number of amidine groups is 1. The molecule has 5 N–H and O–H groups in total. The molecule has 0 saturated carbocycles. The number of nitrogen functional groups attached to an aromatic ring is 2. The zero-order valence-corrected chi connectivity index (χ0v) is 12.3. The zero-order valence-electron chi connectivity index (χ0n) is 10.8. The van der Waals surface area contributed by atoms with Crippen LogP contribution >= 0.6 is 23.2 Å². The van der Waals surface area contributed by atoms with E-state index in [2.05, 4.69) is 0 Å². The van der Waals surface area contributed by atoms with Gasteiger partial charge in [0.25, 0.3) is 0 Å². The highest BCUT2D eigenvalue weighted by Gasteiger charge is 2.25. The highest BCUT2D eigenvalue weighted by molar-refractivity contribution is 6.41. The van der Waals surface area contributed by atoms with Crippen molar-refractivity contribution in [3.63, 3.8) is 0 Å². The Morgan fingerprint density at radius 1 is 1.37 bits per heavy atom. The van der Waals surface area contributed by atoms with Crippen molar-refractivity contribution in [2.45, 2.75) is 26.4 Å². The van der Waals surface area contributed by atoms with Crippen LogP contribution in [0.15, 0.2) is 6.07 Å². The SMILES string of the molecule is CC(C)(C)OC(=O)c1c(Cl)cc(C(=N)N)c(N)c1Cl. The summed E-state index contributed by atoms with van der Waals surface area (Å²) in [6, 6.07) is 1.32. The maximum atomic E-state index is 12.0. The minimum atomic E-state index is -0.683. The lowest BCUT2D eigenvalue weighted by atomic mass is 10.1. The smallest absolute Gasteiger partial charge is 0.341 e. The number of halogens is 2. The summed E-state index contributed by atoms with van der Waals surface area (Å²) in [7, 11) is 0. The standard InChI is InChI=1S/C12H15Cl2N3O2/c1-12(2,3)19-11(18)7-6(13)4-5(10(16)17)9(15)8(7)14/h4H,15H2,1-3H3,(H3,16,17). The number of carbonyl (C=O) groups excluding carboxylic acids is 1. The van der Waals surface area contributed by atoms with Crippen LogP contribution in [0.25, 0.3) is 0 Å². The van der Waals surface area contributed by atoms with E-state index < -0.39 is 11.6 Å². The molecule has 7 heteroatoms. The fourth-order valence-electron chi connectivity index (χ4n) is 1.37. The highest BCUT2D eigenvalue weighted by Crippen LogP contribution is 2.34. The molecular formula is C12H15Cl2N3O2. The molecular weight excluding hydrogens is 289 g/mol. The Hall–Kier alpha value is -1.46. The molecule has 0 amide bonds. The van der Waals surface area contributed by atoms with E-state index in [1.54, 1.807) is 20.8 Å². The van der Waals surface area contributed by atoms with E-state index in [9.17, 15) is 4.79 Å². The maximum absolute atomic E-state index is 12.0. The van der Waals surface area contributed by atoms with Crippen molar-refractivity contribution < 1.29 is 9.53 Å². The van der Waals surface area contributed by atoms with Crippen LogP contribution in [-0.4, -0.2) is 17.4 Å². The number of carbonyl (C=O) groups is 1. The largest absolute Gasteiger partial charge is 0.456 e. The van der Waals surface area contributed by atoms with Crippen LogP contribution in [0.5, 0.6) is 0 Å². The summed E-state index contributed by atoms with van der Waals surface area (Å²) in [5.41, 5.74) is 10.6. The highest BCUT2D eigenvalue weighted by atomic mass is 35.5. The summed E-state index contributed by atoms with van der Waals surface area (Å²) < 4.78 is 5.19. The van der Waals surface area contributed by atoms with E-state index in [1.807, 2.05) is 0 Å². The Labute approximate surface area is 121 Å². The van der Waals surface area contributed by atoms with E-state index in [1.165, 1.54) is 6.07 Å². The lowest BCUT2D eigenvalue weighted by Gasteiger charge is -2.21. The molecule has 0 fully saturated rings. The van der Waals surface area contributed by atoms with Crippen molar-refractivity contribution in [1.29, 1.82) is 5.41 Å². The molecule has 1 aromatic rings. The van der Waals surface area contributed by atoms with Crippen LogP contribution in [0.4, 0.5) is 5.69 Å². The molecule has 0 radical (unpaired) electrons. The van der Waals surface area contributed by atoms with Gasteiger partial charge in [-0.2, -0.15) is 0 Å². The molecule has 0 bridgehead atoms. The molecule has 0 heterocycles. The molecule has 0 aliphatic heterocycles. The second-order valence-electron chi connectivity index (χ2n) is 4.92. The maximum Gasteiger partial charge on any atom is 0.341 e. The molecule has 1 aromatic carbocycles. The summed E-state index contributed by atoms with van der Waals surface area (Å²) in [4.78, 5) is 12.0. The van der Waals surface area contributed by atoms with Crippen molar-refractivity contribution in [3.8, 4) is 0 Å². The van der Waals surface area contributed by atoms with Gasteiger partial charge >= 0.3 is 5.97 Å². The van der Waals surface area contributed by atoms with Gasteiger partial charge in [0.1, 0.15) is 11.4 Å². The number of nitrogens with one attached hydrogen (secondary N) is 1. The minimum Gasteiger partial charge on any atom is -0.456 e. The first-order valence-corrected chi connectivity index (χ1v) is 6.15. The van der Waals surface area contributed by atoms with Crippen LogP contribution < -0.4 is 11.5 Å². The molecule has 19 heavy (non-hydrogen) atoms. The second-order valence-corrected chi connectivity index (χ2v) is 5.71. The summed E-state index contributed by atoms with van der Waals surface area (Å²) in [5.74, 6) is -0.957. The number of benzene rings is 1. The number of nitrogens with two attached hydrogens (primary N) is 2. The molecule has 1 rings (SSSR count). The third kappa shape index (κ3) is 3.52. The normalized spacial score (nSPS) is 11.2. The van der Waals surface area contributed by atoms with Gasteiger partial charge in [-0.3, -0.25) is 5.41 Å². The number of hydrogen-bond donors (Lipinski definition) is 3. The first-order chi connectivity index (χ1) is 8.54. The van der Waals surface area contributed by atoms with Gasteiger partial charge in [0, 0.05) is 5.56 Å². The summed E-state index contributed by atoms with van der Waals surface area (Å²) >= 11 is 12.0. The molecule has 0 atom stereocenters. The van der Waals surface area contributed by atoms with Crippen LogP contribution in [0, 0.1) is 5.41 Å². The predicted octanol–water partition coefficient (Wildman–Crippen LogP) is 2.81. The van der Waals surface area contributed by atoms with Gasteiger partial charge in [0.05, 0.1) is 21.3 Å². The molecule has 0 aliphatic rings. The van der Waals surface area contributed by atoms with E-state index in [0.717, 1.165) is 0 Å². The van der Waals surface area contributed by atoms with E-state index in [-0.39, 0.29) is 32.7 Å². The topological polar surface area (TPSA) is 102 Å². The summed E-state index contributed by atoms with van der Waals surface area (Å²) in [6.45, 7) is 5.17. The molecule has 104 valence electrons. The van der Waals surface area contributed by atoms with Crippen molar-refractivity contribution in [3.05, 3.63) is 27.2 Å². The average Bonchev–Trinajstić information content (AvgIpc) is 2.20. The summed E-state index contributed by atoms with van der Waals surface area (Å²) in [6.07, 6.45) is 0. The second kappa shape index (κ2) is 5.27. The quantitative estimate of drug-likeness (QED) is 0.338.